The summed E-state index contributed by atoms with van der Waals surface area (Å²) >= 11 is 0. The lowest BCUT2D eigenvalue weighted by Gasteiger charge is -2.09. The zero-order valence-electron chi connectivity index (χ0n) is 12.9. The van der Waals surface area contributed by atoms with Gasteiger partial charge in [0.15, 0.2) is 0 Å². The van der Waals surface area contributed by atoms with E-state index in [2.05, 4.69) is 12.1 Å². The van der Waals surface area contributed by atoms with Crippen molar-refractivity contribution in [3.63, 3.8) is 0 Å². The first-order chi connectivity index (χ1) is 11.8. The molecule has 24 heavy (non-hydrogen) atoms. The van der Waals surface area contributed by atoms with Crippen molar-refractivity contribution in [3.8, 4) is 29.0 Å². The number of nitriles is 2. The lowest BCUT2D eigenvalue weighted by atomic mass is 9.99. The van der Waals surface area contributed by atoms with Crippen molar-refractivity contribution in [1.82, 2.24) is 0 Å². The van der Waals surface area contributed by atoms with E-state index < -0.39 is 0 Å². The van der Waals surface area contributed by atoms with Gasteiger partial charge in [-0.1, -0.05) is 54.6 Å². The molecule has 0 aromatic heterocycles. The van der Waals surface area contributed by atoms with Crippen LogP contribution in [0, 0.1) is 22.7 Å². The highest BCUT2D eigenvalue weighted by Crippen LogP contribution is 2.24. The summed E-state index contributed by atoms with van der Waals surface area (Å²) in [6.07, 6.45) is 0. The Morgan fingerprint density at radius 1 is 0.708 bits per heavy atom. The molecule has 0 amide bonds. The highest BCUT2D eigenvalue weighted by molar-refractivity contribution is 5.70. The van der Waals surface area contributed by atoms with Gasteiger partial charge in [-0.3, -0.25) is 0 Å². The van der Waals surface area contributed by atoms with Gasteiger partial charge in [0.1, 0.15) is 18.4 Å². The molecule has 0 radical (unpaired) electrons. The maximum atomic E-state index is 9.20. The van der Waals surface area contributed by atoms with Crippen LogP contribution in [0.4, 0.5) is 0 Å². The topological polar surface area (TPSA) is 56.8 Å². The summed E-state index contributed by atoms with van der Waals surface area (Å²) < 4.78 is 5.73. The van der Waals surface area contributed by atoms with Crippen LogP contribution in [-0.4, -0.2) is 0 Å². The fourth-order valence-corrected chi connectivity index (χ4v) is 2.46. The molecule has 0 aliphatic carbocycles. The Morgan fingerprint density at radius 3 is 2.04 bits per heavy atom. The summed E-state index contributed by atoms with van der Waals surface area (Å²) in [6, 6.07) is 26.9. The van der Waals surface area contributed by atoms with Crippen LogP contribution in [0.2, 0.25) is 0 Å². The summed E-state index contributed by atoms with van der Waals surface area (Å²) in [4.78, 5) is 0. The minimum atomic E-state index is 0.388. The van der Waals surface area contributed by atoms with E-state index in [9.17, 15) is 5.26 Å². The number of hydrogen-bond acceptors (Lipinski definition) is 3. The third kappa shape index (κ3) is 3.27. The summed E-state index contributed by atoms with van der Waals surface area (Å²) in [6.45, 7) is 0.388. The van der Waals surface area contributed by atoms with Crippen molar-refractivity contribution in [2.45, 2.75) is 6.61 Å². The van der Waals surface area contributed by atoms with Crippen LogP contribution in [0.1, 0.15) is 16.7 Å². The second-order valence-electron chi connectivity index (χ2n) is 5.25. The predicted molar refractivity (Wildman–Crippen MR) is 92.1 cm³/mol. The molecule has 114 valence electrons. The summed E-state index contributed by atoms with van der Waals surface area (Å²) in [5.41, 5.74) is 4.10. The molecule has 3 nitrogen and oxygen atoms in total. The molecule has 3 aromatic rings. The molecule has 0 fully saturated rings. The van der Waals surface area contributed by atoms with Crippen LogP contribution in [-0.2, 0) is 6.61 Å². The lowest BCUT2D eigenvalue weighted by Crippen LogP contribution is -1.97. The third-order valence-corrected chi connectivity index (χ3v) is 3.71. The number of benzene rings is 3. The van der Waals surface area contributed by atoms with Gasteiger partial charge in [-0.15, -0.1) is 0 Å². The SMILES string of the molecule is N#Cc1ccccc1OCc1ccc(-c2ccccc2C#N)cc1. The smallest absolute Gasteiger partial charge is 0.137 e. The molecule has 0 spiro atoms. The quantitative estimate of drug-likeness (QED) is 0.703. The largest absolute Gasteiger partial charge is 0.488 e. The van der Waals surface area contributed by atoms with Gasteiger partial charge in [0.25, 0.3) is 0 Å². The standard InChI is InChI=1S/C21H14N2O/c22-13-18-5-1-3-7-20(18)17-11-9-16(10-12-17)15-24-21-8-4-2-6-19(21)14-23/h1-12H,15H2. The van der Waals surface area contributed by atoms with E-state index in [0.717, 1.165) is 16.7 Å². The first-order valence-corrected chi connectivity index (χ1v) is 7.52. The highest BCUT2D eigenvalue weighted by Gasteiger charge is 2.05. The Hall–Kier alpha value is -3.56. The monoisotopic (exact) mass is 310 g/mol. The van der Waals surface area contributed by atoms with Crippen LogP contribution >= 0.6 is 0 Å². The number of nitrogens with zero attached hydrogens (tertiary/aromatic N) is 2. The van der Waals surface area contributed by atoms with Gasteiger partial charge < -0.3 is 4.74 Å². The Balaban J connectivity index is 1.76. The normalized spacial score (nSPS) is 9.75. The van der Waals surface area contributed by atoms with Gasteiger partial charge in [0.05, 0.1) is 17.2 Å². The Labute approximate surface area is 141 Å². The number of rotatable bonds is 4. The molecule has 0 saturated carbocycles. The Bertz CT molecular complexity index is 931. The molecule has 3 aromatic carbocycles. The molecule has 3 rings (SSSR count). The number of para-hydroxylation sites is 1. The summed E-state index contributed by atoms with van der Waals surface area (Å²) in [5, 5.41) is 18.3. The van der Waals surface area contributed by atoms with Gasteiger partial charge in [-0.05, 0) is 34.9 Å². The van der Waals surface area contributed by atoms with Crippen LogP contribution in [0.25, 0.3) is 11.1 Å². The average molecular weight is 310 g/mol. The molecule has 3 heteroatoms. The fraction of sp³-hybridized carbons (Fsp3) is 0.0476. The molecule has 0 saturated heterocycles. The highest BCUT2D eigenvalue weighted by atomic mass is 16.5. The minimum absolute atomic E-state index is 0.388. The summed E-state index contributed by atoms with van der Waals surface area (Å²) in [5.74, 6) is 0.582. The van der Waals surface area contributed by atoms with Crippen molar-refractivity contribution in [1.29, 1.82) is 10.5 Å². The number of hydrogen-bond donors (Lipinski definition) is 0. The second-order valence-corrected chi connectivity index (χ2v) is 5.25. The first-order valence-electron chi connectivity index (χ1n) is 7.52. The van der Waals surface area contributed by atoms with Gasteiger partial charge in [-0.2, -0.15) is 10.5 Å². The number of ether oxygens (including phenoxy) is 1. The van der Waals surface area contributed by atoms with Gasteiger partial charge >= 0.3 is 0 Å². The van der Waals surface area contributed by atoms with E-state index in [1.165, 1.54) is 0 Å². The molecular weight excluding hydrogens is 296 g/mol. The predicted octanol–water partition coefficient (Wildman–Crippen LogP) is 4.68. The van der Waals surface area contributed by atoms with Crippen LogP contribution in [0.3, 0.4) is 0 Å². The van der Waals surface area contributed by atoms with E-state index in [1.807, 2.05) is 60.7 Å². The maximum Gasteiger partial charge on any atom is 0.137 e. The molecule has 0 N–H and O–H groups in total. The Kier molecular flexibility index (Phi) is 4.56. The minimum Gasteiger partial charge on any atom is -0.488 e. The van der Waals surface area contributed by atoms with E-state index in [1.54, 1.807) is 12.1 Å². The van der Waals surface area contributed by atoms with E-state index in [0.29, 0.717) is 23.5 Å². The summed E-state index contributed by atoms with van der Waals surface area (Å²) in [7, 11) is 0. The van der Waals surface area contributed by atoms with E-state index in [4.69, 9.17) is 10.00 Å². The van der Waals surface area contributed by atoms with Crippen LogP contribution in [0.5, 0.6) is 5.75 Å². The Morgan fingerprint density at radius 2 is 1.33 bits per heavy atom. The second kappa shape index (κ2) is 7.13. The van der Waals surface area contributed by atoms with Crippen molar-refractivity contribution in [2.24, 2.45) is 0 Å². The zero-order valence-corrected chi connectivity index (χ0v) is 12.9. The molecule has 0 aliphatic heterocycles. The van der Waals surface area contributed by atoms with Crippen molar-refractivity contribution in [3.05, 3.63) is 89.5 Å². The first kappa shape index (κ1) is 15.3. The molecule has 0 unspecified atom stereocenters. The van der Waals surface area contributed by atoms with E-state index >= 15 is 0 Å². The molecular formula is C21H14N2O. The average Bonchev–Trinajstić information content (AvgIpc) is 2.67. The van der Waals surface area contributed by atoms with Gasteiger partial charge in [0, 0.05) is 0 Å². The zero-order chi connectivity index (χ0) is 16.8. The molecule has 0 atom stereocenters. The lowest BCUT2D eigenvalue weighted by molar-refractivity contribution is 0.305. The molecule has 0 bridgehead atoms. The van der Waals surface area contributed by atoms with Crippen molar-refractivity contribution < 1.29 is 4.74 Å². The van der Waals surface area contributed by atoms with Crippen molar-refractivity contribution in [2.75, 3.05) is 0 Å². The van der Waals surface area contributed by atoms with Gasteiger partial charge in [0.2, 0.25) is 0 Å². The van der Waals surface area contributed by atoms with Crippen LogP contribution < -0.4 is 4.74 Å². The molecule has 0 aliphatic rings. The van der Waals surface area contributed by atoms with Crippen LogP contribution in [0.15, 0.2) is 72.8 Å². The maximum absolute atomic E-state index is 9.20. The third-order valence-electron chi connectivity index (χ3n) is 3.71. The fourth-order valence-electron chi connectivity index (χ4n) is 2.46. The molecule has 0 heterocycles. The van der Waals surface area contributed by atoms with E-state index in [-0.39, 0.29) is 0 Å². The van der Waals surface area contributed by atoms with Gasteiger partial charge in [-0.25, -0.2) is 0 Å². The van der Waals surface area contributed by atoms with Crippen molar-refractivity contribution >= 4 is 0 Å².